The summed E-state index contributed by atoms with van der Waals surface area (Å²) in [5.41, 5.74) is 0.679. The summed E-state index contributed by atoms with van der Waals surface area (Å²) in [4.78, 5) is 35.8. The van der Waals surface area contributed by atoms with Crippen LogP contribution in [-0.2, 0) is 25.5 Å². The third kappa shape index (κ3) is 5.82. The molecule has 1 aromatic carbocycles. The fourth-order valence-corrected chi connectivity index (χ4v) is 1.58. The Morgan fingerprint density at radius 1 is 1.18 bits per heavy atom. The molecule has 0 aromatic heterocycles. The van der Waals surface area contributed by atoms with Crippen LogP contribution in [-0.4, -0.2) is 57.0 Å². The second-order valence-corrected chi connectivity index (χ2v) is 4.71. The van der Waals surface area contributed by atoms with Crippen LogP contribution in [0.4, 0.5) is 0 Å². The molecule has 0 aliphatic carbocycles. The molecule has 0 saturated heterocycles. The first kappa shape index (κ1) is 17.5. The van der Waals surface area contributed by atoms with Gasteiger partial charge in [-0.1, -0.05) is 18.2 Å². The number of hydrogen-bond donors (Lipinski definition) is 1. The molecule has 22 heavy (non-hydrogen) atoms. The van der Waals surface area contributed by atoms with Gasteiger partial charge in [-0.15, -0.1) is 0 Å². The van der Waals surface area contributed by atoms with Gasteiger partial charge < -0.3 is 19.7 Å². The number of ether oxygens (including phenoxy) is 2. The normalized spacial score (nSPS) is 9.77. The van der Waals surface area contributed by atoms with Gasteiger partial charge in [-0.05, 0) is 6.07 Å². The first-order valence-electron chi connectivity index (χ1n) is 6.68. The van der Waals surface area contributed by atoms with Crippen LogP contribution in [0.1, 0.15) is 5.56 Å². The van der Waals surface area contributed by atoms with E-state index < -0.39 is 18.5 Å². The minimum atomic E-state index is -0.543. The highest BCUT2D eigenvalue weighted by atomic mass is 16.5. The highest BCUT2D eigenvalue weighted by Gasteiger charge is 2.12. The lowest BCUT2D eigenvalue weighted by Gasteiger charge is -2.11. The standard InChI is InChI=1S/C15H20N2O5/c1-17(2)14(19)9-16-13(18)10-22-15(20)8-11-6-4-5-7-12(11)21-3/h4-7H,8-10H2,1-3H3,(H,16,18). The molecule has 120 valence electrons. The smallest absolute Gasteiger partial charge is 0.310 e. The molecule has 7 nitrogen and oxygen atoms in total. The van der Waals surface area contributed by atoms with Gasteiger partial charge in [0.05, 0.1) is 20.1 Å². The maximum absolute atomic E-state index is 11.7. The number of benzene rings is 1. The third-order valence-electron chi connectivity index (χ3n) is 2.83. The lowest BCUT2D eigenvalue weighted by Crippen LogP contribution is -2.38. The van der Waals surface area contributed by atoms with Crippen molar-refractivity contribution in [1.82, 2.24) is 10.2 Å². The summed E-state index contributed by atoms with van der Waals surface area (Å²) in [5, 5.41) is 2.37. The van der Waals surface area contributed by atoms with Crippen molar-refractivity contribution in [3.63, 3.8) is 0 Å². The number of methoxy groups -OCH3 is 1. The van der Waals surface area contributed by atoms with E-state index >= 15 is 0 Å². The van der Waals surface area contributed by atoms with Crippen molar-refractivity contribution in [2.75, 3.05) is 34.4 Å². The largest absolute Gasteiger partial charge is 0.496 e. The molecule has 0 aliphatic rings. The molecule has 0 fully saturated rings. The highest BCUT2D eigenvalue weighted by molar-refractivity contribution is 5.86. The van der Waals surface area contributed by atoms with Gasteiger partial charge in [0.1, 0.15) is 5.75 Å². The lowest BCUT2D eigenvalue weighted by molar-refractivity contribution is -0.148. The van der Waals surface area contributed by atoms with E-state index in [1.54, 1.807) is 38.4 Å². The molecule has 0 spiro atoms. The van der Waals surface area contributed by atoms with Gasteiger partial charge in [-0.3, -0.25) is 14.4 Å². The van der Waals surface area contributed by atoms with Crippen molar-refractivity contribution in [3.8, 4) is 5.75 Å². The third-order valence-corrected chi connectivity index (χ3v) is 2.83. The van der Waals surface area contributed by atoms with Gasteiger partial charge >= 0.3 is 5.97 Å². The Morgan fingerprint density at radius 3 is 2.50 bits per heavy atom. The molecular formula is C15H20N2O5. The number of amides is 2. The van der Waals surface area contributed by atoms with Crippen LogP contribution in [0.2, 0.25) is 0 Å². The van der Waals surface area contributed by atoms with Gasteiger partial charge in [-0.2, -0.15) is 0 Å². The highest BCUT2D eigenvalue weighted by Crippen LogP contribution is 2.17. The first-order chi connectivity index (χ1) is 10.4. The van der Waals surface area contributed by atoms with Gasteiger partial charge in [0.15, 0.2) is 6.61 Å². The predicted octanol–water partition coefficient (Wildman–Crippen LogP) is -0.0147. The van der Waals surface area contributed by atoms with Gasteiger partial charge in [0.2, 0.25) is 5.91 Å². The summed E-state index contributed by atoms with van der Waals surface area (Å²) < 4.78 is 10.00. The molecule has 0 bridgehead atoms. The lowest BCUT2D eigenvalue weighted by atomic mass is 10.1. The summed E-state index contributed by atoms with van der Waals surface area (Å²) >= 11 is 0. The van der Waals surface area contributed by atoms with E-state index in [0.717, 1.165) is 0 Å². The van der Waals surface area contributed by atoms with E-state index in [1.807, 2.05) is 0 Å². The van der Waals surface area contributed by atoms with Gasteiger partial charge in [0, 0.05) is 19.7 Å². The number of nitrogens with one attached hydrogen (secondary N) is 1. The quantitative estimate of drug-likeness (QED) is 0.716. The number of carbonyl (C=O) groups is 3. The van der Waals surface area contributed by atoms with Crippen molar-refractivity contribution in [1.29, 1.82) is 0 Å². The average Bonchev–Trinajstić information content (AvgIpc) is 2.50. The fraction of sp³-hybridized carbons (Fsp3) is 0.400. The average molecular weight is 308 g/mol. The summed E-state index contributed by atoms with van der Waals surface area (Å²) in [5.74, 6) is -0.726. The number of esters is 1. The molecule has 1 aromatic rings. The SMILES string of the molecule is COc1ccccc1CC(=O)OCC(=O)NCC(=O)N(C)C. The van der Waals surface area contributed by atoms with Crippen LogP contribution in [0.25, 0.3) is 0 Å². The van der Waals surface area contributed by atoms with Gasteiger partial charge in [-0.25, -0.2) is 0 Å². The van der Waals surface area contributed by atoms with E-state index in [9.17, 15) is 14.4 Å². The molecule has 7 heteroatoms. The zero-order valence-corrected chi connectivity index (χ0v) is 12.9. The van der Waals surface area contributed by atoms with Crippen molar-refractivity contribution >= 4 is 17.8 Å². The van der Waals surface area contributed by atoms with Gasteiger partial charge in [0.25, 0.3) is 5.91 Å². The Balaban J connectivity index is 2.37. The van der Waals surface area contributed by atoms with Crippen molar-refractivity contribution in [2.45, 2.75) is 6.42 Å². The van der Waals surface area contributed by atoms with Crippen molar-refractivity contribution in [3.05, 3.63) is 29.8 Å². The van der Waals surface area contributed by atoms with Crippen LogP contribution in [0, 0.1) is 0 Å². The fourth-order valence-electron chi connectivity index (χ4n) is 1.58. The van der Waals surface area contributed by atoms with E-state index in [2.05, 4.69) is 5.32 Å². The Kier molecular flexibility index (Phi) is 6.88. The molecule has 0 atom stereocenters. The predicted molar refractivity (Wildman–Crippen MR) is 79.4 cm³/mol. The monoisotopic (exact) mass is 308 g/mol. The minimum absolute atomic E-state index is 0.00786. The summed E-state index contributed by atoms with van der Waals surface area (Å²) in [7, 11) is 4.68. The molecule has 1 rings (SSSR count). The Bertz CT molecular complexity index is 542. The second-order valence-electron chi connectivity index (χ2n) is 4.71. The molecule has 0 heterocycles. The van der Waals surface area contributed by atoms with Crippen LogP contribution >= 0.6 is 0 Å². The molecule has 0 aliphatic heterocycles. The summed E-state index contributed by atoms with van der Waals surface area (Å²) in [6.45, 7) is -0.551. The minimum Gasteiger partial charge on any atom is -0.496 e. The number of para-hydroxylation sites is 1. The topological polar surface area (TPSA) is 84.9 Å². The van der Waals surface area contributed by atoms with Crippen LogP contribution < -0.4 is 10.1 Å². The number of carbonyl (C=O) groups excluding carboxylic acids is 3. The summed E-state index contributed by atoms with van der Waals surface area (Å²) in [6, 6.07) is 7.06. The maximum atomic E-state index is 11.7. The number of likely N-dealkylation sites (N-methyl/N-ethyl adjacent to an activating group) is 1. The van der Waals surface area contributed by atoms with E-state index in [-0.39, 0.29) is 18.9 Å². The van der Waals surface area contributed by atoms with E-state index in [4.69, 9.17) is 9.47 Å². The molecule has 2 amide bonds. The zero-order valence-electron chi connectivity index (χ0n) is 12.9. The number of rotatable bonds is 7. The van der Waals surface area contributed by atoms with E-state index in [0.29, 0.717) is 11.3 Å². The molecule has 0 saturated carbocycles. The van der Waals surface area contributed by atoms with Crippen molar-refractivity contribution < 1.29 is 23.9 Å². The Hall–Kier alpha value is -2.57. The Labute approximate surface area is 129 Å². The molecule has 0 radical (unpaired) electrons. The molecule has 0 unspecified atom stereocenters. The van der Waals surface area contributed by atoms with Crippen LogP contribution in [0.15, 0.2) is 24.3 Å². The first-order valence-corrected chi connectivity index (χ1v) is 6.68. The molecular weight excluding hydrogens is 288 g/mol. The van der Waals surface area contributed by atoms with E-state index in [1.165, 1.54) is 12.0 Å². The van der Waals surface area contributed by atoms with Crippen molar-refractivity contribution in [2.24, 2.45) is 0 Å². The maximum Gasteiger partial charge on any atom is 0.310 e. The number of hydrogen-bond acceptors (Lipinski definition) is 5. The van der Waals surface area contributed by atoms with Crippen LogP contribution in [0.3, 0.4) is 0 Å². The molecule has 1 N–H and O–H groups in total. The number of nitrogens with zero attached hydrogens (tertiary/aromatic N) is 1. The summed E-state index contributed by atoms with van der Waals surface area (Å²) in [6.07, 6.45) is 0.00786. The second kappa shape index (κ2) is 8.66. The van der Waals surface area contributed by atoms with Crippen LogP contribution in [0.5, 0.6) is 5.75 Å². The Morgan fingerprint density at radius 2 is 1.86 bits per heavy atom. The zero-order chi connectivity index (χ0) is 16.5.